The number of rotatable bonds is 3. The zero-order valence-corrected chi connectivity index (χ0v) is 9.98. The summed E-state index contributed by atoms with van der Waals surface area (Å²) in [5.74, 6) is -0.600. The van der Waals surface area contributed by atoms with Gasteiger partial charge in [0.15, 0.2) is 0 Å². The fraction of sp³-hybridized carbons (Fsp3) is 0.333. The van der Waals surface area contributed by atoms with E-state index in [0.717, 1.165) is 5.56 Å². The summed E-state index contributed by atoms with van der Waals surface area (Å²) in [6.07, 6.45) is 0. The van der Waals surface area contributed by atoms with Crippen LogP contribution in [0.4, 0.5) is 0 Å². The smallest absolute Gasteiger partial charge is 0.137 e. The van der Waals surface area contributed by atoms with Crippen LogP contribution in [0, 0.1) is 34.5 Å². The molecule has 0 aliphatic carbocycles. The van der Waals surface area contributed by atoms with Crippen molar-refractivity contribution in [3.8, 4) is 12.1 Å². The molecule has 0 fully saturated rings. The molecule has 0 heterocycles. The van der Waals surface area contributed by atoms with Crippen molar-refractivity contribution in [3.63, 3.8) is 0 Å². The summed E-state index contributed by atoms with van der Waals surface area (Å²) in [4.78, 5) is 0.0444. The van der Waals surface area contributed by atoms with Gasteiger partial charge in [-0.05, 0) is 5.56 Å². The Morgan fingerprint density at radius 3 is 2.13 bits per heavy atom. The second-order valence-corrected chi connectivity index (χ2v) is 4.39. The third kappa shape index (κ3) is 2.81. The van der Waals surface area contributed by atoms with E-state index in [0.29, 0.717) is 0 Å². The van der Waals surface area contributed by atoms with Gasteiger partial charge in [0.1, 0.15) is 5.92 Å². The molecule has 0 saturated carbocycles. The van der Waals surface area contributed by atoms with Crippen LogP contribution in [0.2, 0.25) is 0 Å². The van der Waals surface area contributed by atoms with Crippen LogP contribution in [-0.4, -0.2) is 0 Å². The fourth-order valence-electron chi connectivity index (χ4n) is 1.37. The van der Waals surface area contributed by atoms with Crippen molar-refractivity contribution >= 4 is 15.9 Å². The summed E-state index contributed by atoms with van der Waals surface area (Å²) in [5, 5.41) is 17.6. The van der Waals surface area contributed by atoms with Crippen molar-refractivity contribution in [3.05, 3.63) is 35.9 Å². The van der Waals surface area contributed by atoms with E-state index in [4.69, 9.17) is 10.5 Å². The molecule has 1 rings (SSSR count). The average molecular weight is 263 g/mol. The van der Waals surface area contributed by atoms with Crippen LogP contribution in [-0.2, 0) is 0 Å². The van der Waals surface area contributed by atoms with Crippen molar-refractivity contribution in [1.82, 2.24) is 0 Å². The lowest BCUT2D eigenvalue weighted by Crippen LogP contribution is -2.13. The SMILES string of the molecule is CC(C(C#N)C#N)C(Br)c1ccccc1. The van der Waals surface area contributed by atoms with Crippen molar-refractivity contribution in [2.24, 2.45) is 11.8 Å². The van der Waals surface area contributed by atoms with Crippen molar-refractivity contribution < 1.29 is 0 Å². The number of hydrogen-bond donors (Lipinski definition) is 0. The first-order valence-corrected chi connectivity index (χ1v) is 5.60. The Bertz CT molecular complexity index is 374. The lowest BCUT2D eigenvalue weighted by Gasteiger charge is -2.18. The van der Waals surface area contributed by atoms with Crippen molar-refractivity contribution in [2.45, 2.75) is 11.8 Å². The van der Waals surface area contributed by atoms with Gasteiger partial charge >= 0.3 is 0 Å². The van der Waals surface area contributed by atoms with Gasteiger partial charge < -0.3 is 0 Å². The topological polar surface area (TPSA) is 47.6 Å². The van der Waals surface area contributed by atoms with Crippen LogP contribution in [0.15, 0.2) is 30.3 Å². The quantitative estimate of drug-likeness (QED) is 0.784. The highest BCUT2D eigenvalue weighted by Gasteiger charge is 2.24. The summed E-state index contributed by atoms with van der Waals surface area (Å²) >= 11 is 3.53. The van der Waals surface area contributed by atoms with E-state index >= 15 is 0 Å². The Balaban J connectivity index is 2.83. The Hall–Kier alpha value is -1.32. The first kappa shape index (κ1) is 11.8. The Labute approximate surface area is 98.3 Å². The number of alkyl halides is 1. The van der Waals surface area contributed by atoms with Gasteiger partial charge in [0.25, 0.3) is 0 Å². The van der Waals surface area contributed by atoms with Crippen LogP contribution >= 0.6 is 15.9 Å². The lowest BCUT2D eigenvalue weighted by atomic mass is 9.90. The predicted molar refractivity (Wildman–Crippen MR) is 62.0 cm³/mol. The molecule has 0 bridgehead atoms. The molecular weight excluding hydrogens is 252 g/mol. The van der Waals surface area contributed by atoms with E-state index in [2.05, 4.69) is 15.9 Å². The summed E-state index contributed by atoms with van der Waals surface area (Å²) < 4.78 is 0. The molecule has 0 spiro atoms. The minimum absolute atomic E-state index is 0.0256. The Kier molecular flexibility index (Phi) is 4.34. The van der Waals surface area contributed by atoms with E-state index in [9.17, 15) is 0 Å². The molecule has 0 aromatic heterocycles. The normalized spacial score (nSPS) is 13.9. The number of nitriles is 2. The highest BCUT2D eigenvalue weighted by atomic mass is 79.9. The van der Waals surface area contributed by atoms with E-state index in [1.54, 1.807) is 0 Å². The minimum atomic E-state index is -0.574. The van der Waals surface area contributed by atoms with Gasteiger partial charge in [0, 0.05) is 10.7 Å². The van der Waals surface area contributed by atoms with E-state index in [1.165, 1.54) is 0 Å². The summed E-state index contributed by atoms with van der Waals surface area (Å²) in [5.41, 5.74) is 1.10. The molecule has 3 heteroatoms. The summed E-state index contributed by atoms with van der Waals surface area (Å²) in [6.45, 7) is 1.91. The molecule has 1 aromatic rings. The molecule has 0 saturated heterocycles. The zero-order valence-electron chi connectivity index (χ0n) is 8.39. The standard InChI is InChI=1S/C12H11BrN2/c1-9(11(7-14)8-15)12(13)10-5-3-2-4-6-10/h2-6,9,11-12H,1H3. The molecule has 2 atom stereocenters. The second kappa shape index (κ2) is 5.53. The van der Waals surface area contributed by atoms with E-state index < -0.39 is 5.92 Å². The van der Waals surface area contributed by atoms with Gasteiger partial charge in [-0.15, -0.1) is 0 Å². The first-order chi connectivity index (χ1) is 7.20. The molecule has 1 aromatic carbocycles. The van der Waals surface area contributed by atoms with Gasteiger partial charge in [-0.2, -0.15) is 10.5 Å². The number of halogens is 1. The molecule has 0 aliphatic heterocycles. The maximum absolute atomic E-state index is 8.80. The summed E-state index contributed by atoms with van der Waals surface area (Å²) in [7, 11) is 0. The molecule has 15 heavy (non-hydrogen) atoms. The lowest BCUT2D eigenvalue weighted by molar-refractivity contribution is 0.509. The average Bonchev–Trinajstić information content (AvgIpc) is 2.30. The molecule has 0 amide bonds. The number of hydrogen-bond acceptors (Lipinski definition) is 2. The van der Waals surface area contributed by atoms with Crippen LogP contribution in [0.3, 0.4) is 0 Å². The Morgan fingerprint density at radius 1 is 1.13 bits per heavy atom. The van der Waals surface area contributed by atoms with E-state index in [1.807, 2.05) is 49.4 Å². The largest absolute Gasteiger partial charge is 0.197 e. The van der Waals surface area contributed by atoms with Gasteiger partial charge in [0.2, 0.25) is 0 Å². The number of nitrogens with zero attached hydrogens (tertiary/aromatic N) is 2. The third-order valence-corrected chi connectivity index (χ3v) is 3.75. The maximum Gasteiger partial charge on any atom is 0.137 e. The van der Waals surface area contributed by atoms with Gasteiger partial charge in [-0.3, -0.25) is 0 Å². The number of benzene rings is 1. The second-order valence-electron chi connectivity index (χ2n) is 3.41. The van der Waals surface area contributed by atoms with E-state index in [-0.39, 0.29) is 10.7 Å². The van der Waals surface area contributed by atoms with Crippen LogP contribution in [0.1, 0.15) is 17.3 Å². The molecule has 0 N–H and O–H groups in total. The molecule has 2 nitrogen and oxygen atoms in total. The monoisotopic (exact) mass is 262 g/mol. The molecule has 0 radical (unpaired) electrons. The molecular formula is C12H11BrN2. The minimum Gasteiger partial charge on any atom is -0.197 e. The highest BCUT2D eigenvalue weighted by molar-refractivity contribution is 9.09. The fourth-order valence-corrected chi connectivity index (χ4v) is 1.98. The van der Waals surface area contributed by atoms with Crippen molar-refractivity contribution in [1.29, 1.82) is 10.5 Å². The molecule has 76 valence electrons. The highest BCUT2D eigenvalue weighted by Crippen LogP contribution is 2.34. The maximum atomic E-state index is 8.80. The van der Waals surface area contributed by atoms with Crippen LogP contribution in [0.25, 0.3) is 0 Å². The van der Waals surface area contributed by atoms with Gasteiger partial charge in [0.05, 0.1) is 12.1 Å². The van der Waals surface area contributed by atoms with Crippen LogP contribution < -0.4 is 0 Å². The third-order valence-electron chi connectivity index (χ3n) is 2.38. The molecule has 0 aliphatic rings. The Morgan fingerprint density at radius 2 is 1.67 bits per heavy atom. The van der Waals surface area contributed by atoms with Crippen LogP contribution in [0.5, 0.6) is 0 Å². The summed E-state index contributed by atoms with van der Waals surface area (Å²) in [6, 6.07) is 13.8. The van der Waals surface area contributed by atoms with Gasteiger partial charge in [-0.25, -0.2) is 0 Å². The van der Waals surface area contributed by atoms with Gasteiger partial charge in [-0.1, -0.05) is 53.2 Å². The first-order valence-electron chi connectivity index (χ1n) is 4.69. The predicted octanol–water partition coefficient (Wildman–Crippen LogP) is 3.42. The zero-order chi connectivity index (χ0) is 11.3. The van der Waals surface area contributed by atoms with Crippen molar-refractivity contribution in [2.75, 3.05) is 0 Å². The molecule has 2 unspecified atom stereocenters.